The third-order valence-electron chi connectivity index (χ3n) is 6.93. The molecule has 0 amide bonds. The first-order valence-electron chi connectivity index (χ1n) is 11.5. The molecule has 2 aromatic heterocycles. The number of ketones is 1. The van der Waals surface area contributed by atoms with Crippen molar-refractivity contribution in [3.63, 3.8) is 0 Å². The third-order valence-corrected chi connectivity index (χ3v) is 8.80. The lowest BCUT2D eigenvalue weighted by atomic mass is 9.60. The molecule has 0 saturated heterocycles. The molecule has 0 spiro atoms. The van der Waals surface area contributed by atoms with E-state index >= 15 is 0 Å². The van der Waals surface area contributed by atoms with E-state index < -0.39 is 63.2 Å². The van der Waals surface area contributed by atoms with Crippen molar-refractivity contribution in [2.45, 2.75) is 44.1 Å². The molecular formula is C23H22F6N6O3S. The van der Waals surface area contributed by atoms with E-state index in [0.29, 0.717) is 35.3 Å². The second-order valence-corrected chi connectivity index (χ2v) is 11.1. The summed E-state index contributed by atoms with van der Waals surface area (Å²) in [7, 11) is -3.87. The lowest BCUT2D eigenvalue weighted by Crippen LogP contribution is -2.54. The first kappa shape index (κ1) is 28.6. The molecule has 4 rings (SSSR count). The number of allylic oxidation sites excluding steroid dienone is 1. The van der Waals surface area contributed by atoms with Crippen LogP contribution >= 0.6 is 0 Å². The number of sulfonamides is 1. The topological polar surface area (TPSA) is 132 Å². The highest BCUT2D eigenvalue weighted by molar-refractivity contribution is 8.06. The Morgan fingerprint density at radius 1 is 1.26 bits per heavy atom. The smallest absolute Gasteiger partial charge is 0.306 e. The van der Waals surface area contributed by atoms with Gasteiger partial charge in [-0.1, -0.05) is 5.57 Å². The number of aliphatic imine (C=N–C) groups is 1. The Kier molecular flexibility index (Phi) is 7.31. The van der Waals surface area contributed by atoms with E-state index in [1.807, 2.05) is 0 Å². The molecule has 2 aromatic rings. The first-order chi connectivity index (χ1) is 18.1. The first-order valence-corrected chi connectivity index (χ1v) is 12.9. The maximum absolute atomic E-state index is 13.9. The molecule has 0 unspecified atom stereocenters. The van der Waals surface area contributed by atoms with Crippen LogP contribution in [0.5, 0.6) is 0 Å². The van der Waals surface area contributed by atoms with Crippen molar-refractivity contribution < 1.29 is 39.6 Å². The Morgan fingerprint density at radius 2 is 1.97 bits per heavy atom. The predicted molar refractivity (Wildman–Crippen MR) is 128 cm³/mol. The fourth-order valence-electron chi connectivity index (χ4n) is 5.15. The fraction of sp³-hybridized carbons (Fsp3) is 0.435. The van der Waals surface area contributed by atoms with Crippen LogP contribution in [0.3, 0.4) is 0 Å². The van der Waals surface area contributed by atoms with Crippen molar-refractivity contribution in [3.05, 3.63) is 52.6 Å². The summed E-state index contributed by atoms with van der Waals surface area (Å²) in [6, 6.07) is 0.228. The summed E-state index contributed by atoms with van der Waals surface area (Å²) in [5.41, 5.74) is -1.46. The number of pyridine rings is 1. The molecule has 16 heteroatoms. The van der Waals surface area contributed by atoms with E-state index in [2.05, 4.69) is 20.2 Å². The maximum atomic E-state index is 13.9. The predicted octanol–water partition coefficient (Wildman–Crippen LogP) is 4.06. The Hall–Kier alpha value is -3.40. The lowest BCUT2D eigenvalue weighted by molar-refractivity contribution is -0.140. The molecule has 0 aliphatic heterocycles. The number of hydrogen-bond donors (Lipinski definition) is 2. The summed E-state index contributed by atoms with van der Waals surface area (Å²) in [4.78, 5) is 21.1. The molecule has 0 bridgehead atoms. The number of carbonyl (C=O) groups is 1. The van der Waals surface area contributed by atoms with E-state index in [9.17, 15) is 39.6 Å². The number of halogens is 6. The largest absolute Gasteiger partial charge is 0.417 e. The van der Waals surface area contributed by atoms with Crippen molar-refractivity contribution >= 4 is 33.1 Å². The highest BCUT2D eigenvalue weighted by Gasteiger charge is 2.53. The van der Waals surface area contributed by atoms with Crippen LogP contribution in [-0.2, 0) is 22.6 Å². The summed E-state index contributed by atoms with van der Waals surface area (Å²) in [6.07, 6.45) is -6.36. The van der Waals surface area contributed by atoms with Gasteiger partial charge in [0.05, 0.1) is 29.1 Å². The molecule has 1 saturated carbocycles. The molecule has 210 valence electrons. The highest BCUT2D eigenvalue weighted by Crippen LogP contribution is 2.51. The van der Waals surface area contributed by atoms with Crippen LogP contribution in [0.25, 0.3) is 6.08 Å². The van der Waals surface area contributed by atoms with Gasteiger partial charge in [-0.25, -0.2) is 8.42 Å². The van der Waals surface area contributed by atoms with Gasteiger partial charge < -0.3 is 5.41 Å². The number of nitrogens with one attached hydrogen (secondary N) is 2. The molecule has 0 aromatic carbocycles. The molecule has 2 atom stereocenters. The minimum absolute atomic E-state index is 0.0164. The number of aromatic nitrogens is 3. The van der Waals surface area contributed by atoms with Gasteiger partial charge in [-0.05, 0) is 49.5 Å². The van der Waals surface area contributed by atoms with Gasteiger partial charge in [-0.3, -0.25) is 19.9 Å². The van der Waals surface area contributed by atoms with Crippen molar-refractivity contribution in [1.82, 2.24) is 19.5 Å². The number of alkyl halides is 6. The minimum Gasteiger partial charge on any atom is -0.306 e. The van der Waals surface area contributed by atoms with Crippen LogP contribution in [0.15, 0.2) is 35.1 Å². The second-order valence-electron chi connectivity index (χ2n) is 9.26. The monoisotopic (exact) mass is 576 g/mol. The van der Waals surface area contributed by atoms with Crippen LogP contribution in [0, 0.1) is 10.8 Å². The SMILES string of the molecule is C/N=C(\C=N)S(=O)(=O)N(CC(F)(F)F)[C@H]1CCC2=Cc3[nH]ncc3C[C@]2(C(=O)c2ccc(C(F)(F)F)cn2)C1. The van der Waals surface area contributed by atoms with Gasteiger partial charge in [0.15, 0.2) is 10.8 Å². The number of carbonyl (C=O) groups excluding carboxylic acids is 1. The van der Waals surface area contributed by atoms with Crippen LogP contribution < -0.4 is 0 Å². The summed E-state index contributed by atoms with van der Waals surface area (Å²) < 4.78 is 107. The van der Waals surface area contributed by atoms with Crippen LogP contribution in [0.4, 0.5) is 26.3 Å². The van der Waals surface area contributed by atoms with Crippen molar-refractivity contribution in [2.24, 2.45) is 10.4 Å². The van der Waals surface area contributed by atoms with E-state index in [1.165, 1.54) is 6.20 Å². The Balaban J connectivity index is 1.81. The summed E-state index contributed by atoms with van der Waals surface area (Å²) in [6.45, 7) is -1.88. The Bertz CT molecular complexity index is 1450. The van der Waals surface area contributed by atoms with Crippen molar-refractivity contribution in [1.29, 1.82) is 5.41 Å². The van der Waals surface area contributed by atoms with E-state index in [-0.39, 0.29) is 29.3 Å². The number of Topliss-reactive ketones (excluding diaryl/α,β-unsaturated/α-hetero) is 1. The average Bonchev–Trinajstić information content (AvgIpc) is 3.31. The molecule has 2 heterocycles. The summed E-state index contributed by atoms with van der Waals surface area (Å²) in [5.74, 6) is -0.750. The third kappa shape index (κ3) is 5.39. The number of fused-ring (bicyclic) bond motifs is 2. The zero-order valence-electron chi connectivity index (χ0n) is 20.3. The standard InChI is InChI=1S/C23H22F6N6O3S/c1-31-19(9-30)39(37,38)35(12-22(24,25)26)16-4-2-14-6-18-13(10-33-34-18)7-21(14,8-16)20(36)17-5-3-15(11-32-17)23(27,28)29/h3,5-6,9-11,16,30H,2,4,7-8,12H2,1H3,(H,33,34)/b30-9?,31-19+/t16-,21-/m0/s1. The molecule has 39 heavy (non-hydrogen) atoms. The van der Waals surface area contributed by atoms with Crippen LogP contribution in [-0.4, -0.2) is 70.8 Å². The average molecular weight is 577 g/mol. The normalized spacial score (nSPS) is 22.2. The molecule has 0 radical (unpaired) electrons. The van der Waals surface area contributed by atoms with Crippen molar-refractivity contribution in [3.8, 4) is 0 Å². The van der Waals surface area contributed by atoms with E-state index in [0.717, 1.165) is 13.1 Å². The van der Waals surface area contributed by atoms with Crippen LogP contribution in [0.2, 0.25) is 0 Å². The number of rotatable bonds is 6. The zero-order valence-corrected chi connectivity index (χ0v) is 21.1. The molecule has 1 fully saturated rings. The van der Waals surface area contributed by atoms with Gasteiger partial charge in [0.1, 0.15) is 12.2 Å². The van der Waals surface area contributed by atoms with E-state index in [4.69, 9.17) is 5.41 Å². The maximum Gasteiger partial charge on any atom is 0.417 e. The summed E-state index contributed by atoms with van der Waals surface area (Å²) >= 11 is 0. The van der Waals surface area contributed by atoms with Gasteiger partial charge in [0, 0.05) is 19.3 Å². The summed E-state index contributed by atoms with van der Waals surface area (Å²) in [5, 5.41) is 13.1. The van der Waals surface area contributed by atoms with Gasteiger partial charge >= 0.3 is 12.4 Å². The van der Waals surface area contributed by atoms with Gasteiger partial charge in [0.2, 0.25) is 0 Å². The lowest BCUT2D eigenvalue weighted by Gasteiger charge is -2.46. The number of aromatic amines is 1. The molecule has 9 nitrogen and oxygen atoms in total. The zero-order chi connectivity index (χ0) is 28.8. The molecular weight excluding hydrogens is 554 g/mol. The van der Waals surface area contributed by atoms with Gasteiger partial charge in [-0.15, -0.1) is 0 Å². The second kappa shape index (κ2) is 9.97. The molecule has 2 N–H and O–H groups in total. The minimum atomic E-state index is -4.96. The number of H-pyrrole nitrogens is 1. The van der Waals surface area contributed by atoms with Gasteiger partial charge in [-0.2, -0.15) is 35.7 Å². The molecule has 2 aliphatic carbocycles. The Labute approximate surface area is 218 Å². The quantitative estimate of drug-likeness (QED) is 0.232. The van der Waals surface area contributed by atoms with Crippen LogP contribution in [0.1, 0.15) is 46.6 Å². The van der Waals surface area contributed by atoms with E-state index in [1.54, 1.807) is 6.08 Å². The highest BCUT2D eigenvalue weighted by atomic mass is 32.2. The number of nitrogens with zero attached hydrogens (tertiary/aromatic N) is 4. The molecule has 2 aliphatic rings. The van der Waals surface area contributed by atoms with Gasteiger partial charge in [0.25, 0.3) is 10.0 Å². The number of hydrogen-bond acceptors (Lipinski definition) is 7. The fourth-order valence-corrected chi connectivity index (χ4v) is 6.65. The Morgan fingerprint density at radius 3 is 2.54 bits per heavy atom. The van der Waals surface area contributed by atoms with Crippen molar-refractivity contribution in [2.75, 3.05) is 13.6 Å².